The van der Waals surface area contributed by atoms with Gasteiger partial charge in [0.1, 0.15) is 11.2 Å². The van der Waals surface area contributed by atoms with Crippen molar-refractivity contribution in [1.29, 1.82) is 0 Å². The van der Waals surface area contributed by atoms with Crippen LogP contribution in [0.25, 0.3) is 114 Å². The fourth-order valence-corrected chi connectivity index (χ4v) is 9.82. The number of thiophene rings is 1. The molecule has 1 aliphatic rings. The van der Waals surface area contributed by atoms with Crippen LogP contribution in [0.2, 0.25) is 0 Å². The summed E-state index contributed by atoms with van der Waals surface area (Å²) in [5.74, 6) is 0. The second kappa shape index (κ2) is 14.0. The van der Waals surface area contributed by atoms with Crippen LogP contribution in [0, 0.1) is 0 Å². The Morgan fingerprint density at radius 2 is 1.14 bits per heavy atom. The van der Waals surface area contributed by atoms with Crippen LogP contribution in [0.3, 0.4) is 0 Å². The Labute approximate surface area is 335 Å². The van der Waals surface area contributed by atoms with Crippen LogP contribution >= 0.6 is 11.3 Å². The minimum atomic E-state index is 0.902. The van der Waals surface area contributed by atoms with Crippen LogP contribution in [0.4, 0.5) is 0 Å². The van der Waals surface area contributed by atoms with E-state index in [1.807, 2.05) is 43.4 Å². The van der Waals surface area contributed by atoms with Crippen LogP contribution in [-0.2, 0) is 0 Å². The van der Waals surface area contributed by atoms with Gasteiger partial charge in [-0.2, -0.15) is 0 Å². The van der Waals surface area contributed by atoms with E-state index < -0.39 is 0 Å². The average Bonchev–Trinajstić information content (AvgIpc) is 3.99. The molecule has 0 N–H and O–H groups in total. The monoisotopic (exact) mass is 749 g/mol. The lowest BCUT2D eigenvalue weighted by Gasteiger charge is -2.10. The maximum atomic E-state index is 6.41. The molecule has 0 bridgehead atoms. The molecule has 8 aromatic carbocycles. The smallest absolute Gasteiger partial charge is 0.137 e. The topological polar surface area (TPSA) is 18.1 Å². The molecule has 0 aliphatic heterocycles. The molecule has 3 heterocycles. The molecule has 0 saturated heterocycles. The third-order valence-corrected chi connectivity index (χ3v) is 12.2. The van der Waals surface area contributed by atoms with Crippen molar-refractivity contribution >= 4 is 86.0 Å². The Hall–Kier alpha value is -6.94. The highest BCUT2D eigenvalue weighted by Crippen LogP contribution is 2.51. The quantitative estimate of drug-likeness (QED) is 0.130. The average molecular weight is 750 g/mol. The van der Waals surface area contributed by atoms with Gasteiger partial charge in [-0.1, -0.05) is 122 Å². The summed E-state index contributed by atoms with van der Waals surface area (Å²) in [6, 6.07) is 55.8. The zero-order valence-corrected chi connectivity index (χ0v) is 32.7. The van der Waals surface area contributed by atoms with E-state index in [1.54, 1.807) is 12.2 Å². The van der Waals surface area contributed by atoms with Gasteiger partial charge in [0.05, 0.1) is 11.0 Å². The highest BCUT2D eigenvalue weighted by molar-refractivity contribution is 7.25. The summed E-state index contributed by atoms with van der Waals surface area (Å²) < 4.78 is 11.5. The van der Waals surface area contributed by atoms with E-state index in [1.165, 1.54) is 86.1 Å². The molecule has 11 aromatic rings. The van der Waals surface area contributed by atoms with Crippen LogP contribution in [0.15, 0.2) is 194 Å². The first-order valence-electron chi connectivity index (χ1n) is 19.4. The molecule has 3 aromatic heterocycles. The van der Waals surface area contributed by atoms with Crippen LogP contribution in [0.1, 0.15) is 13.8 Å². The minimum absolute atomic E-state index is 0.902. The highest BCUT2D eigenvalue weighted by Gasteiger charge is 2.26. The molecule has 0 radical (unpaired) electrons. The Morgan fingerprint density at radius 3 is 1.93 bits per heavy atom. The Morgan fingerprint density at radius 1 is 0.491 bits per heavy atom. The van der Waals surface area contributed by atoms with Crippen molar-refractivity contribution in [2.24, 2.45) is 0 Å². The zero-order valence-electron chi connectivity index (χ0n) is 31.9. The summed E-state index contributed by atoms with van der Waals surface area (Å²) in [6.07, 6.45) is 7.33. The predicted molar refractivity (Wildman–Crippen MR) is 249 cm³/mol. The van der Waals surface area contributed by atoms with E-state index in [4.69, 9.17) is 4.42 Å². The van der Waals surface area contributed by atoms with Gasteiger partial charge in [-0.15, -0.1) is 17.9 Å². The first-order chi connectivity index (χ1) is 28.1. The lowest BCUT2D eigenvalue weighted by atomic mass is 9.96. The third-order valence-electron chi connectivity index (χ3n) is 11.1. The van der Waals surface area contributed by atoms with Crippen LogP contribution < -0.4 is 0 Å². The molecule has 0 atom stereocenters. The molecule has 0 unspecified atom stereocenters. The van der Waals surface area contributed by atoms with Crippen molar-refractivity contribution in [2.75, 3.05) is 0 Å². The fourth-order valence-electron chi connectivity index (χ4n) is 8.73. The summed E-state index contributed by atoms with van der Waals surface area (Å²) in [7, 11) is 0. The zero-order chi connectivity index (χ0) is 38.6. The van der Waals surface area contributed by atoms with Crippen molar-refractivity contribution in [2.45, 2.75) is 13.8 Å². The molecule has 0 saturated carbocycles. The molecule has 0 spiro atoms. The number of para-hydroxylation sites is 1. The number of benzene rings is 8. The van der Waals surface area contributed by atoms with Gasteiger partial charge in [0.2, 0.25) is 0 Å². The first kappa shape index (κ1) is 34.5. The first-order valence-corrected chi connectivity index (χ1v) is 20.2. The van der Waals surface area contributed by atoms with Gasteiger partial charge in [-0.25, -0.2) is 0 Å². The van der Waals surface area contributed by atoms with Gasteiger partial charge in [-0.3, -0.25) is 0 Å². The number of furan rings is 1. The highest BCUT2D eigenvalue weighted by atomic mass is 32.1. The number of hydrogen-bond acceptors (Lipinski definition) is 2. The second-order valence-corrected chi connectivity index (χ2v) is 15.5. The molecular formula is C54H39NOS. The van der Waals surface area contributed by atoms with E-state index in [9.17, 15) is 0 Å². The van der Waals surface area contributed by atoms with E-state index in [-0.39, 0.29) is 0 Å². The molecule has 12 rings (SSSR count). The third kappa shape index (κ3) is 5.46. The molecule has 57 heavy (non-hydrogen) atoms. The number of nitrogens with zero attached hydrogens (tertiary/aromatic N) is 1. The molecule has 1 aliphatic carbocycles. The Balaban J connectivity index is 0.000000457. The Kier molecular flexibility index (Phi) is 8.47. The maximum Gasteiger partial charge on any atom is 0.137 e. The largest absolute Gasteiger partial charge is 0.456 e. The van der Waals surface area contributed by atoms with Crippen molar-refractivity contribution in [3.05, 3.63) is 189 Å². The summed E-state index contributed by atoms with van der Waals surface area (Å²) in [6.45, 7) is 10.7. The van der Waals surface area contributed by atoms with E-state index >= 15 is 0 Å². The number of aromatic nitrogens is 1. The van der Waals surface area contributed by atoms with Crippen LogP contribution in [-0.4, -0.2) is 4.57 Å². The van der Waals surface area contributed by atoms with E-state index in [0.29, 0.717) is 0 Å². The number of hydrogen-bond donors (Lipinski definition) is 0. The fraction of sp³-hybridized carbons (Fsp3) is 0.0370. The number of rotatable bonds is 3. The van der Waals surface area contributed by atoms with Gasteiger partial charge in [0, 0.05) is 53.5 Å². The number of allylic oxidation sites excluding steroid dienone is 4. The van der Waals surface area contributed by atoms with Crippen molar-refractivity contribution in [3.63, 3.8) is 0 Å². The maximum absolute atomic E-state index is 6.41. The summed E-state index contributed by atoms with van der Waals surface area (Å²) >= 11 is 1.87. The molecule has 3 heteroatoms. The molecule has 0 fully saturated rings. The summed E-state index contributed by atoms with van der Waals surface area (Å²) in [5.41, 5.74) is 13.0. The molecule has 0 amide bonds. The second-order valence-electron chi connectivity index (χ2n) is 14.4. The van der Waals surface area contributed by atoms with E-state index in [0.717, 1.165) is 27.6 Å². The summed E-state index contributed by atoms with van der Waals surface area (Å²) in [5, 5.41) is 10.1. The minimum Gasteiger partial charge on any atom is -0.456 e. The number of fused-ring (bicyclic) bond motifs is 13. The standard InChI is InChI=1S/C46H25NOS.C5H8.C3H6/c1-2-9-30-29(8-1)34-12-7-13-35-45(34)37(30)25-40-46(35)38-23-26(27-17-21-44-36(22-27)33-11-4-6-15-43(33)49-44)16-20-39(38)47(40)28-18-19-32-31-10-3-5-14-41(31)48-42(32)24-28;1-3-5-4-2;1-3-2/h1-25H;3-5H,1H2,2H3;3H,1H2,2H3/b;5-4-;. The van der Waals surface area contributed by atoms with Gasteiger partial charge in [-0.05, 0) is 113 Å². The molecular weight excluding hydrogens is 711 g/mol. The van der Waals surface area contributed by atoms with Gasteiger partial charge in [0.15, 0.2) is 0 Å². The van der Waals surface area contributed by atoms with Crippen molar-refractivity contribution < 1.29 is 4.42 Å². The van der Waals surface area contributed by atoms with Gasteiger partial charge < -0.3 is 8.98 Å². The van der Waals surface area contributed by atoms with Crippen molar-refractivity contribution in [3.8, 4) is 39.1 Å². The molecule has 2 nitrogen and oxygen atoms in total. The lowest BCUT2D eigenvalue weighted by molar-refractivity contribution is 0.668. The summed E-state index contributed by atoms with van der Waals surface area (Å²) in [4.78, 5) is 0. The SMILES string of the molecule is C=C/C=C\C.C=CC.c1ccc2c(c1)-c1cccc3c1c-2cc1c3c2cc(-c3ccc4sc5ccccc5c4c3)ccc2n1-c1ccc2c(c1)oc1ccccc12. The Bertz CT molecular complexity index is 3420. The van der Waals surface area contributed by atoms with Crippen molar-refractivity contribution in [1.82, 2.24) is 4.57 Å². The van der Waals surface area contributed by atoms with Gasteiger partial charge in [0.25, 0.3) is 0 Å². The molecule has 272 valence electrons. The van der Waals surface area contributed by atoms with Crippen LogP contribution in [0.5, 0.6) is 0 Å². The van der Waals surface area contributed by atoms with E-state index in [2.05, 4.69) is 163 Å². The predicted octanol–water partition coefficient (Wildman–Crippen LogP) is 16.5. The van der Waals surface area contributed by atoms with Gasteiger partial charge >= 0.3 is 0 Å². The lowest BCUT2D eigenvalue weighted by Crippen LogP contribution is -1.94. The normalized spacial score (nSPS) is 11.8.